The molecule has 2 nitrogen and oxygen atoms in total. The van der Waals surface area contributed by atoms with Gasteiger partial charge in [0.25, 0.3) is 0 Å². The molecule has 2 rings (SSSR count). The van der Waals surface area contributed by atoms with Crippen LogP contribution in [-0.4, -0.2) is 16.7 Å². The van der Waals surface area contributed by atoms with Crippen LogP contribution >= 0.6 is 11.3 Å². The second-order valence-corrected chi connectivity index (χ2v) is 5.84. The zero-order valence-corrected chi connectivity index (χ0v) is 11.7. The molecular formula is C15H19NOS. The molecule has 0 aliphatic carbocycles. The molecule has 0 bridgehead atoms. The van der Waals surface area contributed by atoms with E-state index >= 15 is 0 Å². The maximum absolute atomic E-state index is 8.89. The van der Waals surface area contributed by atoms with Gasteiger partial charge < -0.3 is 5.11 Å². The van der Waals surface area contributed by atoms with Gasteiger partial charge in [-0.15, -0.1) is 11.3 Å². The molecule has 3 heteroatoms. The Hall–Kier alpha value is -1.19. The van der Waals surface area contributed by atoms with Crippen LogP contribution in [0.4, 0.5) is 0 Å². The minimum Gasteiger partial charge on any atom is -0.396 e. The van der Waals surface area contributed by atoms with Gasteiger partial charge in [0.05, 0.1) is 10.7 Å². The van der Waals surface area contributed by atoms with E-state index < -0.39 is 0 Å². The molecule has 0 fully saturated rings. The van der Waals surface area contributed by atoms with E-state index in [4.69, 9.17) is 5.11 Å². The van der Waals surface area contributed by atoms with Crippen molar-refractivity contribution in [1.29, 1.82) is 0 Å². The number of aromatic nitrogens is 1. The zero-order valence-electron chi connectivity index (χ0n) is 10.9. The Morgan fingerprint density at radius 2 is 1.94 bits per heavy atom. The van der Waals surface area contributed by atoms with Crippen LogP contribution in [-0.2, 0) is 12.8 Å². The summed E-state index contributed by atoms with van der Waals surface area (Å²) >= 11 is 1.61. The first-order valence-electron chi connectivity index (χ1n) is 6.33. The molecule has 18 heavy (non-hydrogen) atoms. The molecule has 0 atom stereocenters. The van der Waals surface area contributed by atoms with Crippen molar-refractivity contribution in [3.63, 3.8) is 0 Å². The van der Waals surface area contributed by atoms with Gasteiger partial charge in [0.15, 0.2) is 0 Å². The van der Waals surface area contributed by atoms with E-state index in [2.05, 4.69) is 48.5 Å². The van der Waals surface area contributed by atoms with Crippen LogP contribution in [0.3, 0.4) is 0 Å². The minimum absolute atomic E-state index is 0.167. The van der Waals surface area contributed by atoms with Crippen molar-refractivity contribution in [2.24, 2.45) is 5.92 Å². The van der Waals surface area contributed by atoms with Crippen molar-refractivity contribution in [2.75, 3.05) is 6.61 Å². The highest BCUT2D eigenvalue weighted by Crippen LogP contribution is 2.23. The van der Waals surface area contributed by atoms with E-state index in [0.29, 0.717) is 12.3 Å². The van der Waals surface area contributed by atoms with E-state index in [1.165, 1.54) is 5.56 Å². The summed E-state index contributed by atoms with van der Waals surface area (Å²) in [5.41, 5.74) is 3.54. The van der Waals surface area contributed by atoms with Crippen LogP contribution < -0.4 is 0 Å². The van der Waals surface area contributed by atoms with Gasteiger partial charge in [-0.05, 0) is 17.9 Å². The van der Waals surface area contributed by atoms with Gasteiger partial charge in [-0.25, -0.2) is 4.98 Å². The fraction of sp³-hybridized carbons (Fsp3) is 0.400. The first-order valence-corrected chi connectivity index (χ1v) is 7.21. The number of thiazole rings is 1. The Kier molecular flexibility index (Phi) is 4.50. The lowest BCUT2D eigenvalue weighted by Crippen LogP contribution is -1.93. The third kappa shape index (κ3) is 3.40. The average Bonchev–Trinajstić information content (AvgIpc) is 2.78. The third-order valence-corrected chi connectivity index (χ3v) is 3.68. The second-order valence-electron chi connectivity index (χ2n) is 4.89. The lowest BCUT2D eigenvalue weighted by Gasteiger charge is -2.05. The van der Waals surface area contributed by atoms with Gasteiger partial charge in [0, 0.05) is 24.0 Å². The smallest absolute Gasteiger partial charge is 0.0955 e. The summed E-state index contributed by atoms with van der Waals surface area (Å²) in [5.74, 6) is 0.686. The summed E-state index contributed by atoms with van der Waals surface area (Å²) in [4.78, 5) is 4.52. The molecule has 0 amide bonds. The number of hydrogen-bond donors (Lipinski definition) is 1. The Morgan fingerprint density at radius 3 is 2.56 bits per heavy atom. The molecule has 0 spiro atoms. The highest BCUT2D eigenvalue weighted by Gasteiger charge is 2.05. The van der Waals surface area contributed by atoms with E-state index in [9.17, 15) is 0 Å². The summed E-state index contributed by atoms with van der Waals surface area (Å²) in [7, 11) is 0. The van der Waals surface area contributed by atoms with E-state index in [0.717, 1.165) is 22.7 Å². The summed E-state index contributed by atoms with van der Waals surface area (Å²) in [6.07, 6.45) is 1.77. The van der Waals surface area contributed by atoms with Crippen LogP contribution in [0.25, 0.3) is 11.3 Å². The molecule has 1 aromatic carbocycles. The number of aliphatic hydroxyl groups excluding tert-OH is 1. The highest BCUT2D eigenvalue weighted by molar-refractivity contribution is 7.09. The quantitative estimate of drug-likeness (QED) is 0.893. The SMILES string of the molecule is CC(C)Cc1ccc(-c2csc(CCO)n2)cc1. The summed E-state index contributed by atoms with van der Waals surface area (Å²) in [6, 6.07) is 8.63. The lowest BCUT2D eigenvalue weighted by atomic mass is 10.0. The van der Waals surface area contributed by atoms with Crippen molar-refractivity contribution in [2.45, 2.75) is 26.7 Å². The van der Waals surface area contributed by atoms with Gasteiger partial charge in [-0.1, -0.05) is 38.1 Å². The van der Waals surface area contributed by atoms with Crippen molar-refractivity contribution in [3.05, 3.63) is 40.2 Å². The number of nitrogens with zero attached hydrogens (tertiary/aromatic N) is 1. The molecule has 96 valence electrons. The van der Waals surface area contributed by atoms with Crippen LogP contribution in [0.1, 0.15) is 24.4 Å². The van der Waals surface area contributed by atoms with Gasteiger partial charge in [-0.3, -0.25) is 0 Å². The zero-order chi connectivity index (χ0) is 13.0. The third-order valence-electron chi connectivity index (χ3n) is 2.77. The molecule has 1 N–H and O–H groups in total. The van der Waals surface area contributed by atoms with Crippen LogP contribution in [0.5, 0.6) is 0 Å². The molecule has 0 radical (unpaired) electrons. The van der Waals surface area contributed by atoms with Crippen molar-refractivity contribution >= 4 is 11.3 Å². The maximum Gasteiger partial charge on any atom is 0.0955 e. The largest absolute Gasteiger partial charge is 0.396 e. The van der Waals surface area contributed by atoms with Crippen LogP contribution in [0.15, 0.2) is 29.6 Å². The summed E-state index contributed by atoms with van der Waals surface area (Å²) in [6.45, 7) is 4.63. The number of hydrogen-bond acceptors (Lipinski definition) is 3. The lowest BCUT2D eigenvalue weighted by molar-refractivity contribution is 0.299. The molecule has 0 aliphatic heterocycles. The second kappa shape index (κ2) is 6.12. The molecule has 0 saturated carbocycles. The fourth-order valence-electron chi connectivity index (χ4n) is 1.94. The van der Waals surface area contributed by atoms with Crippen molar-refractivity contribution in [1.82, 2.24) is 4.98 Å². The number of aliphatic hydroxyl groups is 1. The highest BCUT2D eigenvalue weighted by atomic mass is 32.1. The average molecular weight is 261 g/mol. The summed E-state index contributed by atoms with van der Waals surface area (Å²) < 4.78 is 0. The van der Waals surface area contributed by atoms with Crippen molar-refractivity contribution < 1.29 is 5.11 Å². The predicted octanol–water partition coefficient (Wildman–Crippen LogP) is 3.54. The Balaban J connectivity index is 2.12. The minimum atomic E-state index is 0.167. The molecule has 2 aromatic rings. The molecular weight excluding hydrogens is 242 g/mol. The molecule has 0 unspecified atom stereocenters. The number of rotatable bonds is 5. The Bertz CT molecular complexity index is 487. The van der Waals surface area contributed by atoms with Gasteiger partial charge >= 0.3 is 0 Å². The van der Waals surface area contributed by atoms with E-state index in [-0.39, 0.29) is 6.61 Å². The van der Waals surface area contributed by atoms with Gasteiger partial charge in [0.2, 0.25) is 0 Å². The van der Waals surface area contributed by atoms with Gasteiger partial charge in [-0.2, -0.15) is 0 Å². The normalized spacial score (nSPS) is 11.1. The molecule has 0 aliphatic rings. The summed E-state index contributed by atoms with van der Waals surface area (Å²) in [5, 5.41) is 11.9. The molecule has 1 heterocycles. The Labute approximate surface area is 112 Å². The van der Waals surface area contributed by atoms with Crippen LogP contribution in [0, 0.1) is 5.92 Å². The van der Waals surface area contributed by atoms with E-state index in [1.54, 1.807) is 11.3 Å². The molecule has 0 saturated heterocycles. The standard InChI is InChI=1S/C15H19NOS/c1-11(2)9-12-3-5-13(6-4-12)14-10-18-15(16-14)7-8-17/h3-6,10-11,17H,7-9H2,1-2H3. The first-order chi connectivity index (χ1) is 8.69. The fourth-order valence-corrected chi connectivity index (χ4v) is 2.73. The Morgan fingerprint density at radius 1 is 1.22 bits per heavy atom. The monoisotopic (exact) mass is 261 g/mol. The van der Waals surface area contributed by atoms with Crippen molar-refractivity contribution in [3.8, 4) is 11.3 Å². The first kappa shape index (κ1) is 13.2. The topological polar surface area (TPSA) is 33.1 Å². The van der Waals surface area contributed by atoms with E-state index in [1.807, 2.05) is 0 Å². The maximum atomic E-state index is 8.89. The van der Waals surface area contributed by atoms with Gasteiger partial charge in [0.1, 0.15) is 0 Å². The molecule has 1 aromatic heterocycles. The number of benzene rings is 1. The predicted molar refractivity (Wildman–Crippen MR) is 76.9 cm³/mol. The van der Waals surface area contributed by atoms with Crippen LogP contribution in [0.2, 0.25) is 0 Å².